The SMILES string of the molecule is COc1ccc([N+](=O)[O-])c(C(Br)Br)c1. The third-order valence-corrected chi connectivity index (χ3v) is 2.65. The number of nitro groups is 1. The Bertz CT molecular complexity index is 354. The van der Waals surface area contributed by atoms with Gasteiger partial charge in [0.2, 0.25) is 0 Å². The van der Waals surface area contributed by atoms with Crippen LogP contribution in [0.4, 0.5) is 5.69 Å². The number of benzene rings is 1. The van der Waals surface area contributed by atoms with Crippen LogP contribution in [0.2, 0.25) is 0 Å². The van der Waals surface area contributed by atoms with Gasteiger partial charge in [-0.05, 0) is 12.1 Å². The number of alkyl halides is 2. The molecule has 0 aromatic heterocycles. The van der Waals surface area contributed by atoms with E-state index in [0.717, 1.165) is 0 Å². The highest BCUT2D eigenvalue weighted by Gasteiger charge is 2.18. The maximum atomic E-state index is 10.6. The molecule has 14 heavy (non-hydrogen) atoms. The molecule has 0 aliphatic carbocycles. The molecule has 0 aliphatic heterocycles. The van der Waals surface area contributed by atoms with E-state index in [1.54, 1.807) is 12.1 Å². The van der Waals surface area contributed by atoms with Crippen LogP contribution < -0.4 is 4.74 Å². The summed E-state index contributed by atoms with van der Waals surface area (Å²) < 4.78 is 4.72. The molecule has 0 fully saturated rings. The first-order valence-electron chi connectivity index (χ1n) is 3.66. The van der Waals surface area contributed by atoms with Crippen molar-refractivity contribution in [3.63, 3.8) is 0 Å². The van der Waals surface area contributed by atoms with Crippen LogP contribution in [0.15, 0.2) is 18.2 Å². The van der Waals surface area contributed by atoms with Crippen LogP contribution in [0.5, 0.6) is 5.75 Å². The summed E-state index contributed by atoms with van der Waals surface area (Å²) in [6.45, 7) is 0. The lowest BCUT2D eigenvalue weighted by molar-refractivity contribution is -0.385. The standard InChI is InChI=1S/C8H7Br2NO3/c1-14-5-2-3-7(11(12)13)6(4-5)8(9)10/h2-4,8H,1H3. The predicted octanol–water partition coefficient (Wildman–Crippen LogP) is 3.39. The third-order valence-electron chi connectivity index (χ3n) is 1.67. The minimum Gasteiger partial charge on any atom is -0.497 e. The van der Waals surface area contributed by atoms with Crippen molar-refractivity contribution in [1.82, 2.24) is 0 Å². The lowest BCUT2D eigenvalue weighted by Gasteiger charge is -2.06. The van der Waals surface area contributed by atoms with Gasteiger partial charge in [0.15, 0.2) is 0 Å². The third kappa shape index (κ3) is 2.45. The number of ether oxygens (including phenoxy) is 1. The predicted molar refractivity (Wildman–Crippen MR) is 60.2 cm³/mol. The fourth-order valence-electron chi connectivity index (χ4n) is 1.00. The monoisotopic (exact) mass is 323 g/mol. The van der Waals surface area contributed by atoms with Gasteiger partial charge >= 0.3 is 0 Å². The second-order valence-electron chi connectivity index (χ2n) is 2.48. The smallest absolute Gasteiger partial charge is 0.274 e. The highest BCUT2D eigenvalue weighted by molar-refractivity contribution is 9.24. The first-order valence-corrected chi connectivity index (χ1v) is 5.50. The zero-order valence-corrected chi connectivity index (χ0v) is 10.4. The van der Waals surface area contributed by atoms with Crippen molar-refractivity contribution in [3.05, 3.63) is 33.9 Å². The Hall–Kier alpha value is -0.620. The van der Waals surface area contributed by atoms with E-state index in [1.165, 1.54) is 13.2 Å². The van der Waals surface area contributed by atoms with Gasteiger partial charge in [0, 0.05) is 6.07 Å². The van der Waals surface area contributed by atoms with Crippen molar-refractivity contribution in [1.29, 1.82) is 0 Å². The molecule has 0 saturated heterocycles. The molecule has 0 aliphatic rings. The van der Waals surface area contributed by atoms with Crippen LogP contribution in [-0.2, 0) is 0 Å². The molecule has 1 aromatic carbocycles. The Morgan fingerprint density at radius 3 is 2.57 bits per heavy atom. The average Bonchev–Trinajstić information content (AvgIpc) is 2.16. The van der Waals surface area contributed by atoms with E-state index in [1.807, 2.05) is 0 Å². The summed E-state index contributed by atoms with van der Waals surface area (Å²) in [5.74, 6) is 0.592. The van der Waals surface area contributed by atoms with Crippen LogP contribution in [0.25, 0.3) is 0 Å². The molecule has 6 heteroatoms. The molecule has 76 valence electrons. The Labute approximate surface area is 97.7 Å². The zero-order valence-electron chi connectivity index (χ0n) is 7.24. The minimum atomic E-state index is -0.426. The van der Waals surface area contributed by atoms with E-state index in [-0.39, 0.29) is 9.42 Å². The Balaban J connectivity index is 3.24. The molecule has 1 rings (SSSR count). The van der Waals surface area contributed by atoms with Crippen LogP contribution in [0.1, 0.15) is 9.30 Å². The second kappa shape index (κ2) is 4.75. The van der Waals surface area contributed by atoms with Crippen LogP contribution in [0, 0.1) is 10.1 Å². The second-order valence-corrected chi connectivity index (χ2v) is 5.54. The van der Waals surface area contributed by atoms with Crippen LogP contribution in [0.3, 0.4) is 0 Å². The largest absolute Gasteiger partial charge is 0.497 e. The number of nitro benzene ring substituents is 1. The number of hydrogen-bond acceptors (Lipinski definition) is 3. The van der Waals surface area contributed by atoms with Gasteiger partial charge in [-0.1, -0.05) is 31.9 Å². The van der Waals surface area contributed by atoms with Gasteiger partial charge in [-0.25, -0.2) is 0 Å². The summed E-state index contributed by atoms with van der Waals surface area (Å²) in [5, 5.41) is 10.6. The molecule has 0 N–H and O–H groups in total. The number of methoxy groups -OCH3 is 1. The number of hydrogen-bond donors (Lipinski definition) is 0. The van der Waals surface area contributed by atoms with Crippen LogP contribution >= 0.6 is 31.9 Å². The molecule has 1 aromatic rings. The Morgan fingerprint density at radius 1 is 1.50 bits per heavy atom. The number of rotatable bonds is 3. The lowest BCUT2D eigenvalue weighted by Crippen LogP contribution is -1.95. The van der Waals surface area contributed by atoms with Crippen LogP contribution in [-0.4, -0.2) is 12.0 Å². The maximum Gasteiger partial charge on any atom is 0.274 e. The van der Waals surface area contributed by atoms with E-state index >= 15 is 0 Å². The minimum absolute atomic E-state index is 0.0598. The number of nitrogens with zero attached hydrogens (tertiary/aromatic N) is 1. The first-order chi connectivity index (χ1) is 6.56. The molecule has 0 saturated carbocycles. The topological polar surface area (TPSA) is 52.4 Å². The molecule has 0 heterocycles. The summed E-state index contributed by atoms with van der Waals surface area (Å²) >= 11 is 6.44. The van der Waals surface area contributed by atoms with Gasteiger partial charge < -0.3 is 4.74 Å². The maximum absolute atomic E-state index is 10.6. The summed E-state index contributed by atoms with van der Waals surface area (Å²) in [6, 6.07) is 4.60. The molecular weight excluding hydrogens is 318 g/mol. The van der Waals surface area contributed by atoms with Crippen molar-refractivity contribution in [2.45, 2.75) is 3.74 Å². The van der Waals surface area contributed by atoms with Gasteiger partial charge in [-0.3, -0.25) is 10.1 Å². The molecule has 4 nitrogen and oxygen atoms in total. The summed E-state index contributed by atoms with van der Waals surface area (Å²) in [5.41, 5.74) is 0.596. The Morgan fingerprint density at radius 2 is 2.14 bits per heavy atom. The van der Waals surface area contributed by atoms with Gasteiger partial charge in [0.05, 0.1) is 17.6 Å². The van der Waals surface area contributed by atoms with E-state index in [2.05, 4.69) is 31.9 Å². The van der Waals surface area contributed by atoms with Crippen molar-refractivity contribution in [2.75, 3.05) is 7.11 Å². The molecule has 0 atom stereocenters. The van der Waals surface area contributed by atoms with Crippen molar-refractivity contribution in [3.8, 4) is 5.75 Å². The van der Waals surface area contributed by atoms with E-state index in [4.69, 9.17) is 4.74 Å². The average molecular weight is 325 g/mol. The summed E-state index contributed by atoms with van der Waals surface area (Å²) in [6.07, 6.45) is 0. The zero-order chi connectivity index (χ0) is 10.7. The van der Waals surface area contributed by atoms with Gasteiger partial charge in [-0.15, -0.1) is 0 Å². The van der Waals surface area contributed by atoms with Gasteiger partial charge in [0.1, 0.15) is 9.49 Å². The lowest BCUT2D eigenvalue weighted by atomic mass is 10.2. The van der Waals surface area contributed by atoms with E-state index < -0.39 is 4.92 Å². The number of halogens is 2. The van der Waals surface area contributed by atoms with E-state index in [0.29, 0.717) is 11.3 Å². The normalized spacial score (nSPS) is 10.3. The van der Waals surface area contributed by atoms with E-state index in [9.17, 15) is 10.1 Å². The summed E-state index contributed by atoms with van der Waals surface area (Å²) in [4.78, 5) is 10.2. The highest BCUT2D eigenvalue weighted by atomic mass is 79.9. The fourth-order valence-corrected chi connectivity index (χ4v) is 1.73. The molecule has 0 bridgehead atoms. The first kappa shape index (κ1) is 11.5. The molecular formula is C8H7Br2NO3. The molecule has 0 unspecified atom stereocenters. The molecule has 0 radical (unpaired) electrons. The summed E-state index contributed by atoms with van der Waals surface area (Å²) in [7, 11) is 1.52. The molecule has 0 spiro atoms. The fraction of sp³-hybridized carbons (Fsp3) is 0.250. The van der Waals surface area contributed by atoms with Crippen molar-refractivity contribution >= 4 is 37.5 Å². The van der Waals surface area contributed by atoms with Gasteiger partial charge in [-0.2, -0.15) is 0 Å². The highest BCUT2D eigenvalue weighted by Crippen LogP contribution is 2.37. The van der Waals surface area contributed by atoms with Crippen molar-refractivity contribution < 1.29 is 9.66 Å². The molecule has 0 amide bonds. The van der Waals surface area contributed by atoms with Crippen molar-refractivity contribution in [2.24, 2.45) is 0 Å². The Kier molecular flexibility index (Phi) is 3.88. The van der Waals surface area contributed by atoms with Gasteiger partial charge in [0.25, 0.3) is 5.69 Å². The quantitative estimate of drug-likeness (QED) is 0.486.